The predicted octanol–water partition coefficient (Wildman–Crippen LogP) is -3.75. The molecule has 0 saturated carbocycles. The van der Waals surface area contributed by atoms with E-state index in [1.54, 1.807) is 0 Å². The van der Waals surface area contributed by atoms with Crippen LogP contribution in [0.1, 0.15) is 0 Å². The van der Waals surface area contributed by atoms with E-state index in [4.69, 9.17) is 0 Å². The molecule has 0 aliphatic carbocycles. The van der Waals surface area contributed by atoms with Crippen molar-refractivity contribution in [2.45, 2.75) is 0 Å². The van der Waals surface area contributed by atoms with Crippen LogP contribution in [0.5, 0.6) is 0 Å². The third-order valence-electron chi connectivity index (χ3n) is 3.76. The minimum absolute atomic E-state index is 0.121. The molecule has 27 heavy (non-hydrogen) atoms. The zero-order valence-corrected chi connectivity index (χ0v) is 13.9. The van der Waals surface area contributed by atoms with Crippen molar-refractivity contribution in [1.29, 1.82) is 0 Å². The third kappa shape index (κ3) is 3.58. The molecule has 3 saturated heterocycles. The van der Waals surface area contributed by atoms with Gasteiger partial charge in [0.25, 0.3) is 11.5 Å². The second-order valence-corrected chi connectivity index (χ2v) is 5.57. The number of aromatic amines is 1. The molecule has 0 unspecified atom stereocenters. The molecule has 14 heteroatoms. The topological polar surface area (TPSA) is 169 Å². The smallest absolute Gasteiger partial charge is 0.346 e. The maximum atomic E-state index is 12.1. The van der Waals surface area contributed by atoms with Gasteiger partial charge in [0.2, 0.25) is 11.8 Å². The number of amides is 7. The van der Waals surface area contributed by atoms with Gasteiger partial charge >= 0.3 is 12.1 Å². The van der Waals surface area contributed by atoms with Gasteiger partial charge in [0.15, 0.2) is 0 Å². The first-order chi connectivity index (χ1) is 12.9. The standard InChI is InChI=1S/C9H10N6O4.C4H6N2O2/c16-6-1-2-11-15(6)13-5-7(17)14(9(13)19)12-4-3-10-8(12)18;7-3-1-5-4(8)2-6-3/h1-2,11H,3-5H2,(H,10,18);1-2H2,(H,5,8)(H,6,7). The van der Waals surface area contributed by atoms with E-state index in [2.05, 4.69) is 21.0 Å². The zero-order chi connectivity index (χ0) is 19.6. The number of urea groups is 2. The average molecular weight is 380 g/mol. The van der Waals surface area contributed by atoms with Crippen LogP contribution in [-0.4, -0.2) is 82.4 Å². The number of hydrogen-bond donors (Lipinski definition) is 4. The number of piperazine rings is 1. The van der Waals surface area contributed by atoms with Gasteiger partial charge < -0.3 is 16.0 Å². The Morgan fingerprint density at radius 1 is 0.852 bits per heavy atom. The lowest BCUT2D eigenvalue weighted by molar-refractivity contribution is -0.132. The summed E-state index contributed by atoms with van der Waals surface area (Å²) < 4.78 is 0. The van der Waals surface area contributed by atoms with E-state index < -0.39 is 23.5 Å². The van der Waals surface area contributed by atoms with Gasteiger partial charge in [0.1, 0.15) is 6.54 Å². The molecule has 0 atom stereocenters. The molecule has 14 nitrogen and oxygen atoms in total. The molecule has 0 spiro atoms. The maximum Gasteiger partial charge on any atom is 0.367 e. The van der Waals surface area contributed by atoms with Crippen LogP contribution in [0.25, 0.3) is 0 Å². The number of hydrogen-bond acceptors (Lipinski definition) is 6. The lowest BCUT2D eigenvalue weighted by Gasteiger charge is -2.23. The molecule has 1 aromatic rings. The fourth-order valence-corrected chi connectivity index (χ4v) is 2.51. The Labute approximate surface area is 151 Å². The van der Waals surface area contributed by atoms with E-state index >= 15 is 0 Å². The van der Waals surface area contributed by atoms with Gasteiger partial charge in [-0.05, 0) is 0 Å². The van der Waals surface area contributed by atoms with Gasteiger partial charge in [0.05, 0.1) is 19.6 Å². The van der Waals surface area contributed by atoms with Crippen LogP contribution in [0.15, 0.2) is 17.1 Å². The number of carbonyl (C=O) groups excluding carboxylic acids is 5. The normalized spacial score (nSPS) is 19.6. The SMILES string of the molecule is O=C1CNC(=O)CN1.O=C1NCCN1N1C(=O)CN(n2[nH]ccc2=O)C1=O. The molecular formula is C13H16N8O6. The van der Waals surface area contributed by atoms with Crippen molar-refractivity contribution in [2.24, 2.45) is 0 Å². The Morgan fingerprint density at radius 2 is 1.52 bits per heavy atom. The minimum atomic E-state index is -0.744. The van der Waals surface area contributed by atoms with Gasteiger partial charge in [-0.3, -0.25) is 24.3 Å². The predicted molar refractivity (Wildman–Crippen MR) is 86.5 cm³/mol. The summed E-state index contributed by atoms with van der Waals surface area (Å²) >= 11 is 0. The third-order valence-corrected chi connectivity index (χ3v) is 3.76. The molecule has 7 amide bonds. The molecule has 0 bridgehead atoms. The van der Waals surface area contributed by atoms with E-state index in [0.29, 0.717) is 6.54 Å². The fourth-order valence-electron chi connectivity index (χ4n) is 2.51. The molecule has 4 heterocycles. The van der Waals surface area contributed by atoms with E-state index in [1.165, 1.54) is 12.3 Å². The van der Waals surface area contributed by atoms with Crippen LogP contribution in [0.4, 0.5) is 9.59 Å². The lowest BCUT2D eigenvalue weighted by atomic mass is 10.4. The van der Waals surface area contributed by atoms with E-state index in [0.717, 1.165) is 19.8 Å². The lowest BCUT2D eigenvalue weighted by Crippen LogP contribution is -2.51. The van der Waals surface area contributed by atoms with Crippen LogP contribution in [0.3, 0.4) is 0 Å². The highest BCUT2D eigenvalue weighted by atomic mass is 16.2. The number of H-pyrrole nitrogens is 1. The summed E-state index contributed by atoms with van der Waals surface area (Å²) in [6.45, 7) is 0.531. The van der Waals surface area contributed by atoms with Crippen molar-refractivity contribution in [2.75, 3.05) is 37.7 Å². The second-order valence-electron chi connectivity index (χ2n) is 5.57. The summed E-state index contributed by atoms with van der Waals surface area (Å²) in [6, 6.07) is -0.0304. The summed E-state index contributed by atoms with van der Waals surface area (Å²) in [5.74, 6) is -0.808. The Bertz CT molecular complexity index is 831. The number of carbonyl (C=O) groups is 5. The van der Waals surface area contributed by atoms with Crippen LogP contribution >= 0.6 is 0 Å². The molecular weight excluding hydrogens is 364 g/mol. The van der Waals surface area contributed by atoms with Gasteiger partial charge in [0, 0.05) is 18.8 Å². The van der Waals surface area contributed by atoms with E-state index in [9.17, 15) is 28.8 Å². The van der Waals surface area contributed by atoms with Gasteiger partial charge in [-0.15, -0.1) is 0 Å². The van der Waals surface area contributed by atoms with Crippen molar-refractivity contribution in [3.8, 4) is 0 Å². The Morgan fingerprint density at radius 3 is 2.00 bits per heavy atom. The number of aromatic nitrogens is 2. The summed E-state index contributed by atoms with van der Waals surface area (Å²) in [4.78, 5) is 68.4. The van der Waals surface area contributed by atoms with Crippen molar-refractivity contribution in [1.82, 2.24) is 35.9 Å². The first kappa shape index (κ1) is 18.0. The summed E-state index contributed by atoms with van der Waals surface area (Å²) in [6.07, 6.45) is 1.35. The number of nitrogens with one attached hydrogen (secondary N) is 4. The minimum Gasteiger partial charge on any atom is -0.346 e. The fraction of sp³-hybridized carbons (Fsp3) is 0.385. The van der Waals surface area contributed by atoms with E-state index in [1.807, 2.05) is 0 Å². The molecule has 0 aromatic carbocycles. The Hall–Kier alpha value is -3.84. The first-order valence-electron chi connectivity index (χ1n) is 7.88. The molecule has 144 valence electrons. The quantitative estimate of drug-likeness (QED) is 0.384. The number of nitrogens with zero attached hydrogens (tertiary/aromatic N) is 4. The van der Waals surface area contributed by atoms with Crippen molar-refractivity contribution in [3.05, 3.63) is 22.6 Å². The molecule has 0 radical (unpaired) electrons. The Kier molecular flexibility index (Phi) is 4.78. The van der Waals surface area contributed by atoms with Crippen molar-refractivity contribution >= 4 is 29.8 Å². The molecule has 1 aromatic heterocycles. The number of rotatable bonds is 2. The largest absolute Gasteiger partial charge is 0.367 e. The van der Waals surface area contributed by atoms with Gasteiger partial charge in [-0.25, -0.2) is 19.6 Å². The number of hydrazine groups is 1. The molecule has 4 N–H and O–H groups in total. The van der Waals surface area contributed by atoms with Crippen LogP contribution in [0.2, 0.25) is 0 Å². The molecule has 3 aliphatic heterocycles. The van der Waals surface area contributed by atoms with E-state index in [-0.39, 0.29) is 38.0 Å². The highest BCUT2D eigenvalue weighted by Gasteiger charge is 2.44. The highest BCUT2D eigenvalue weighted by Crippen LogP contribution is 2.13. The Balaban J connectivity index is 0.000000221. The molecule has 4 rings (SSSR count). The van der Waals surface area contributed by atoms with Crippen LogP contribution < -0.4 is 26.5 Å². The number of imide groups is 1. The summed E-state index contributed by atoms with van der Waals surface area (Å²) in [7, 11) is 0. The molecule has 3 aliphatic rings. The second kappa shape index (κ2) is 7.19. The monoisotopic (exact) mass is 380 g/mol. The summed E-state index contributed by atoms with van der Waals surface area (Å²) in [5, 5.41) is 12.5. The van der Waals surface area contributed by atoms with Crippen LogP contribution in [0, 0.1) is 0 Å². The zero-order valence-electron chi connectivity index (χ0n) is 13.9. The highest BCUT2D eigenvalue weighted by molar-refractivity contribution is 6.09. The average Bonchev–Trinajstić information content (AvgIpc) is 3.31. The van der Waals surface area contributed by atoms with Crippen molar-refractivity contribution in [3.63, 3.8) is 0 Å². The van der Waals surface area contributed by atoms with Crippen LogP contribution in [-0.2, 0) is 14.4 Å². The van der Waals surface area contributed by atoms with Gasteiger partial charge in [-0.1, -0.05) is 0 Å². The van der Waals surface area contributed by atoms with Crippen molar-refractivity contribution < 1.29 is 24.0 Å². The first-order valence-corrected chi connectivity index (χ1v) is 7.88. The molecule has 3 fully saturated rings. The maximum absolute atomic E-state index is 12.1. The van der Waals surface area contributed by atoms with Gasteiger partial charge in [-0.2, -0.15) is 9.80 Å². The summed E-state index contributed by atoms with van der Waals surface area (Å²) in [5.41, 5.74) is -0.464.